The number of rotatable bonds is 3. The maximum absolute atomic E-state index is 15.1. The van der Waals surface area contributed by atoms with Gasteiger partial charge in [-0.15, -0.1) is 0 Å². The summed E-state index contributed by atoms with van der Waals surface area (Å²) in [5.41, 5.74) is 4.55. The van der Waals surface area contributed by atoms with Crippen LogP contribution in [0.15, 0.2) is 24.3 Å². The fraction of sp³-hybridized carbons (Fsp3) is 0.250. The summed E-state index contributed by atoms with van der Waals surface area (Å²) in [5.74, 6) is -6.07. The molecular formula is C24H22B2F4. The van der Waals surface area contributed by atoms with Crippen molar-refractivity contribution in [1.29, 1.82) is 0 Å². The van der Waals surface area contributed by atoms with Crippen molar-refractivity contribution in [1.82, 2.24) is 0 Å². The van der Waals surface area contributed by atoms with E-state index in [1.807, 2.05) is 65.8 Å². The van der Waals surface area contributed by atoms with Gasteiger partial charge in [0, 0.05) is 5.46 Å². The minimum atomic E-state index is -1.57. The Kier molecular flexibility index (Phi) is 5.90. The van der Waals surface area contributed by atoms with Gasteiger partial charge in [-0.1, -0.05) is 68.6 Å². The molecule has 0 nitrogen and oxygen atoms in total. The molecule has 0 aliphatic carbocycles. The minimum absolute atomic E-state index is 0.622. The first-order chi connectivity index (χ1) is 14.0. The summed E-state index contributed by atoms with van der Waals surface area (Å²) in [6.07, 6.45) is 0. The minimum Gasteiger partial charge on any atom is -0.204 e. The van der Waals surface area contributed by atoms with Crippen LogP contribution in [-0.4, -0.2) is 14.6 Å². The van der Waals surface area contributed by atoms with Crippen molar-refractivity contribution in [2.45, 2.75) is 41.5 Å². The summed E-state index contributed by atoms with van der Waals surface area (Å²) in [7, 11) is 5.26. The van der Waals surface area contributed by atoms with Crippen LogP contribution in [-0.2, 0) is 0 Å². The highest BCUT2D eigenvalue weighted by Gasteiger charge is 2.36. The van der Waals surface area contributed by atoms with Crippen LogP contribution in [0, 0.1) is 64.8 Å². The lowest BCUT2D eigenvalue weighted by molar-refractivity contribution is 0.472. The average Bonchev–Trinajstić information content (AvgIpc) is 2.63. The predicted octanol–water partition coefficient (Wildman–Crippen LogP) is 3.40. The molecule has 0 fully saturated rings. The molecule has 0 atom stereocenters. The van der Waals surface area contributed by atoms with Crippen LogP contribution < -0.4 is 21.9 Å². The van der Waals surface area contributed by atoms with Crippen LogP contribution in [0.2, 0.25) is 0 Å². The van der Waals surface area contributed by atoms with E-state index in [0.29, 0.717) is 10.9 Å². The largest absolute Gasteiger partial charge is 0.250 e. The van der Waals surface area contributed by atoms with E-state index in [1.54, 1.807) is 0 Å². The first-order valence-electron chi connectivity index (χ1n) is 9.72. The second kappa shape index (κ2) is 7.98. The van der Waals surface area contributed by atoms with E-state index in [-0.39, 0.29) is 0 Å². The van der Waals surface area contributed by atoms with Crippen molar-refractivity contribution in [3.8, 4) is 0 Å². The Morgan fingerprint density at radius 2 is 0.833 bits per heavy atom. The number of halogens is 4. The molecule has 0 aliphatic rings. The molecule has 0 saturated heterocycles. The predicted molar refractivity (Wildman–Crippen MR) is 118 cm³/mol. The summed E-state index contributed by atoms with van der Waals surface area (Å²) >= 11 is 0. The Bertz CT molecular complexity index is 1040. The standard InChI is InChI=1S/C24H22B2F4/c1-11-7-13(3)18(14(4)8-11)26(19-15(5)9-12(2)10-16(19)6)20-23(29)21(27)17(25)22(28)24(20)30/h7-10H,1-6H3. The lowest BCUT2D eigenvalue weighted by Crippen LogP contribution is -2.59. The summed E-state index contributed by atoms with van der Waals surface area (Å²) in [6, 6.07) is 7.59. The molecule has 0 aliphatic heterocycles. The molecule has 0 heterocycles. The molecule has 0 bridgehead atoms. The molecule has 0 N–H and O–H groups in total. The smallest absolute Gasteiger partial charge is 0.204 e. The zero-order valence-corrected chi connectivity index (χ0v) is 18.0. The molecule has 0 aromatic heterocycles. The third-order valence-electron chi connectivity index (χ3n) is 5.67. The van der Waals surface area contributed by atoms with Gasteiger partial charge in [0.05, 0.1) is 0 Å². The van der Waals surface area contributed by atoms with Gasteiger partial charge in [-0.05, 0) is 47.0 Å². The first kappa shape index (κ1) is 22.2. The van der Waals surface area contributed by atoms with Crippen LogP contribution >= 0.6 is 0 Å². The Balaban J connectivity index is 2.53. The normalized spacial score (nSPS) is 11.1. The average molecular weight is 408 g/mol. The van der Waals surface area contributed by atoms with Crippen LogP contribution in [0.4, 0.5) is 17.6 Å². The maximum atomic E-state index is 15.1. The van der Waals surface area contributed by atoms with Crippen molar-refractivity contribution < 1.29 is 17.6 Å². The first-order valence-corrected chi connectivity index (χ1v) is 9.72. The van der Waals surface area contributed by atoms with Crippen LogP contribution in [0.1, 0.15) is 33.4 Å². The quantitative estimate of drug-likeness (QED) is 0.354. The Hall–Kier alpha value is -2.49. The van der Waals surface area contributed by atoms with Gasteiger partial charge in [0.2, 0.25) is 0 Å². The Morgan fingerprint density at radius 1 is 0.533 bits per heavy atom. The molecule has 6 heteroatoms. The lowest BCUT2D eigenvalue weighted by atomic mass is 9.33. The number of hydrogen-bond donors (Lipinski definition) is 0. The van der Waals surface area contributed by atoms with Crippen molar-refractivity contribution in [3.05, 3.63) is 80.9 Å². The van der Waals surface area contributed by atoms with Gasteiger partial charge < -0.3 is 0 Å². The van der Waals surface area contributed by atoms with Gasteiger partial charge in [-0.2, -0.15) is 0 Å². The van der Waals surface area contributed by atoms with E-state index in [2.05, 4.69) is 0 Å². The highest BCUT2D eigenvalue weighted by molar-refractivity contribution is 6.96. The maximum Gasteiger partial charge on any atom is 0.250 e. The van der Waals surface area contributed by atoms with E-state index in [4.69, 9.17) is 7.85 Å². The van der Waals surface area contributed by atoms with Gasteiger partial charge in [0.15, 0.2) is 23.3 Å². The van der Waals surface area contributed by atoms with Crippen LogP contribution in [0.25, 0.3) is 0 Å². The fourth-order valence-electron chi connectivity index (χ4n) is 4.65. The zero-order chi connectivity index (χ0) is 22.5. The van der Waals surface area contributed by atoms with Crippen LogP contribution in [0.3, 0.4) is 0 Å². The van der Waals surface area contributed by atoms with E-state index in [1.165, 1.54) is 0 Å². The SMILES string of the molecule is [B]c1c(F)c(F)c(B(c2c(C)cc(C)cc2C)c2c(C)cc(C)cc2C)c(F)c1F. The van der Waals surface area contributed by atoms with Crippen LogP contribution in [0.5, 0.6) is 0 Å². The molecule has 0 saturated carbocycles. The molecule has 0 spiro atoms. The van der Waals surface area contributed by atoms with Gasteiger partial charge in [-0.3, -0.25) is 0 Å². The molecule has 30 heavy (non-hydrogen) atoms. The van der Waals surface area contributed by atoms with E-state index >= 15 is 8.78 Å². The second-order valence-corrected chi connectivity index (χ2v) is 8.14. The third kappa shape index (κ3) is 3.57. The molecule has 0 amide bonds. The second-order valence-electron chi connectivity index (χ2n) is 8.14. The molecule has 2 radical (unpaired) electrons. The summed E-state index contributed by atoms with van der Waals surface area (Å²) in [6.45, 7) is 10.1. The highest BCUT2D eigenvalue weighted by atomic mass is 19.2. The van der Waals surface area contributed by atoms with Crippen molar-refractivity contribution in [2.75, 3.05) is 0 Å². The summed E-state index contributed by atoms with van der Waals surface area (Å²) < 4.78 is 59.2. The Labute approximate surface area is 176 Å². The molecular weight excluding hydrogens is 386 g/mol. The molecule has 152 valence electrons. The van der Waals surface area contributed by atoms with Gasteiger partial charge in [0.25, 0.3) is 6.71 Å². The highest BCUT2D eigenvalue weighted by Crippen LogP contribution is 2.16. The Morgan fingerprint density at radius 3 is 1.13 bits per heavy atom. The molecule has 0 unspecified atom stereocenters. The lowest BCUT2D eigenvalue weighted by Gasteiger charge is -2.25. The van der Waals surface area contributed by atoms with E-state index < -0.39 is 40.9 Å². The van der Waals surface area contributed by atoms with Crippen molar-refractivity contribution in [2.24, 2.45) is 0 Å². The molecule has 3 aromatic carbocycles. The van der Waals surface area contributed by atoms with Crippen molar-refractivity contribution in [3.63, 3.8) is 0 Å². The third-order valence-corrected chi connectivity index (χ3v) is 5.67. The molecule has 3 aromatic rings. The number of hydrogen-bond acceptors (Lipinski definition) is 0. The summed E-state index contributed by atoms with van der Waals surface area (Å²) in [4.78, 5) is 0. The fourth-order valence-corrected chi connectivity index (χ4v) is 4.65. The number of benzene rings is 3. The molecule has 3 rings (SSSR count). The van der Waals surface area contributed by atoms with Gasteiger partial charge in [0.1, 0.15) is 7.85 Å². The van der Waals surface area contributed by atoms with E-state index in [0.717, 1.165) is 33.4 Å². The van der Waals surface area contributed by atoms with Gasteiger partial charge in [-0.25, -0.2) is 17.6 Å². The zero-order valence-electron chi connectivity index (χ0n) is 18.0. The monoisotopic (exact) mass is 408 g/mol. The number of aryl methyl sites for hydroxylation is 6. The topological polar surface area (TPSA) is 0 Å². The van der Waals surface area contributed by atoms with Crippen molar-refractivity contribution >= 4 is 36.4 Å². The summed E-state index contributed by atoms with van der Waals surface area (Å²) in [5, 5.41) is 0. The van der Waals surface area contributed by atoms with Gasteiger partial charge >= 0.3 is 0 Å². The van der Waals surface area contributed by atoms with E-state index in [9.17, 15) is 8.78 Å².